The van der Waals surface area contributed by atoms with Crippen molar-refractivity contribution < 1.29 is 19.0 Å². The number of methoxy groups -OCH3 is 1. The molecule has 0 radical (unpaired) electrons. The molecular weight excluding hydrogens is 422 g/mol. The molecule has 0 aliphatic heterocycles. The predicted molar refractivity (Wildman–Crippen MR) is 122 cm³/mol. The molecule has 0 aliphatic carbocycles. The van der Waals surface area contributed by atoms with Gasteiger partial charge in [0.15, 0.2) is 12.4 Å². The third-order valence-electron chi connectivity index (χ3n) is 4.90. The normalized spacial score (nSPS) is 10.5. The van der Waals surface area contributed by atoms with Crippen LogP contribution >= 0.6 is 0 Å². The molecule has 1 N–H and O–H groups in total. The number of nitrogens with one attached hydrogen (secondary N) is 1. The van der Waals surface area contributed by atoms with Crippen LogP contribution in [-0.4, -0.2) is 39.4 Å². The van der Waals surface area contributed by atoms with Crippen molar-refractivity contribution in [3.8, 4) is 28.9 Å². The molecule has 4 rings (SSSR count). The molecule has 2 heterocycles. The van der Waals surface area contributed by atoms with Crippen LogP contribution < -0.4 is 19.5 Å². The second-order valence-electron chi connectivity index (χ2n) is 7.16. The van der Waals surface area contributed by atoms with E-state index in [1.807, 2.05) is 24.5 Å². The summed E-state index contributed by atoms with van der Waals surface area (Å²) in [5.74, 6) is 2.52. The molecule has 0 bridgehead atoms. The van der Waals surface area contributed by atoms with E-state index in [2.05, 4.69) is 20.5 Å². The lowest BCUT2D eigenvalue weighted by molar-refractivity contribution is -0.118. The van der Waals surface area contributed by atoms with Crippen LogP contribution in [-0.2, 0) is 4.79 Å². The summed E-state index contributed by atoms with van der Waals surface area (Å²) in [5, 5.41) is 11.1. The molecule has 0 spiro atoms. The van der Waals surface area contributed by atoms with Crippen LogP contribution in [0.1, 0.15) is 11.4 Å². The van der Waals surface area contributed by atoms with Gasteiger partial charge in [0.05, 0.1) is 12.8 Å². The fourth-order valence-corrected chi connectivity index (χ4v) is 2.99. The van der Waals surface area contributed by atoms with Gasteiger partial charge in [0, 0.05) is 23.5 Å². The number of hydrogen-bond donors (Lipinski definition) is 1. The summed E-state index contributed by atoms with van der Waals surface area (Å²) in [6, 6.07) is 17.6. The van der Waals surface area contributed by atoms with Crippen LogP contribution in [0.15, 0.2) is 67.0 Å². The van der Waals surface area contributed by atoms with E-state index in [0.29, 0.717) is 34.6 Å². The summed E-state index contributed by atoms with van der Waals surface area (Å²) in [6.45, 7) is 3.79. The summed E-state index contributed by atoms with van der Waals surface area (Å²) < 4.78 is 18.2. The summed E-state index contributed by atoms with van der Waals surface area (Å²) in [5.41, 5.74) is 2.56. The largest absolute Gasteiger partial charge is 0.497 e. The molecule has 0 unspecified atom stereocenters. The van der Waals surface area contributed by atoms with Crippen molar-refractivity contribution in [1.29, 1.82) is 0 Å². The van der Waals surface area contributed by atoms with Crippen molar-refractivity contribution in [3.05, 3.63) is 78.4 Å². The maximum atomic E-state index is 12.2. The van der Waals surface area contributed by atoms with Crippen LogP contribution in [0, 0.1) is 13.8 Å². The molecule has 9 heteroatoms. The number of rotatable bonds is 8. The fourth-order valence-electron chi connectivity index (χ4n) is 2.99. The number of anilines is 1. The van der Waals surface area contributed by atoms with Crippen molar-refractivity contribution in [1.82, 2.24) is 19.7 Å². The number of carbonyl (C=O) groups excluding carboxylic acids is 1. The summed E-state index contributed by atoms with van der Waals surface area (Å²) in [4.78, 5) is 16.4. The predicted octanol–water partition coefficient (Wildman–Crippen LogP) is 4.10. The van der Waals surface area contributed by atoms with Crippen LogP contribution in [0.25, 0.3) is 5.82 Å². The Hall–Kier alpha value is -4.40. The van der Waals surface area contributed by atoms with E-state index >= 15 is 0 Å². The third kappa shape index (κ3) is 5.45. The fraction of sp³-hybridized carbons (Fsp3) is 0.167. The molecular formula is C24H23N5O4. The average molecular weight is 445 g/mol. The molecule has 0 saturated heterocycles. The van der Waals surface area contributed by atoms with Gasteiger partial charge < -0.3 is 19.5 Å². The van der Waals surface area contributed by atoms with Gasteiger partial charge >= 0.3 is 0 Å². The Labute approximate surface area is 191 Å². The molecule has 0 aliphatic rings. The Morgan fingerprint density at radius 2 is 1.76 bits per heavy atom. The van der Waals surface area contributed by atoms with E-state index in [0.717, 1.165) is 11.4 Å². The Morgan fingerprint density at radius 3 is 2.42 bits per heavy atom. The molecule has 33 heavy (non-hydrogen) atoms. The molecule has 1 amide bonds. The maximum Gasteiger partial charge on any atom is 0.262 e. The lowest BCUT2D eigenvalue weighted by Crippen LogP contribution is -2.20. The van der Waals surface area contributed by atoms with Gasteiger partial charge in [-0.25, -0.2) is 4.98 Å². The van der Waals surface area contributed by atoms with Crippen molar-refractivity contribution in [2.75, 3.05) is 19.0 Å². The number of amides is 1. The van der Waals surface area contributed by atoms with Gasteiger partial charge in [0.2, 0.25) is 5.88 Å². The highest BCUT2D eigenvalue weighted by molar-refractivity contribution is 5.91. The van der Waals surface area contributed by atoms with Crippen molar-refractivity contribution >= 4 is 11.6 Å². The zero-order chi connectivity index (χ0) is 23.2. The minimum absolute atomic E-state index is 0.122. The molecule has 0 fully saturated rings. The van der Waals surface area contributed by atoms with Gasteiger partial charge in [-0.15, -0.1) is 10.2 Å². The smallest absolute Gasteiger partial charge is 0.262 e. The molecule has 0 atom stereocenters. The number of nitrogens with zero attached hydrogens (tertiary/aromatic N) is 4. The summed E-state index contributed by atoms with van der Waals surface area (Å²) >= 11 is 0. The summed E-state index contributed by atoms with van der Waals surface area (Å²) in [7, 11) is 1.57. The van der Waals surface area contributed by atoms with E-state index in [9.17, 15) is 4.79 Å². The van der Waals surface area contributed by atoms with E-state index in [-0.39, 0.29) is 12.5 Å². The SMILES string of the molecule is COc1cccc(OCC(=O)Nc2ccc(Oc3ccc(-n4cnc(C)c4C)nn3)cc2)c1. The van der Waals surface area contributed by atoms with Crippen LogP contribution in [0.4, 0.5) is 5.69 Å². The molecule has 168 valence electrons. The highest BCUT2D eigenvalue weighted by atomic mass is 16.5. The average Bonchev–Trinajstić information content (AvgIpc) is 3.18. The van der Waals surface area contributed by atoms with Crippen molar-refractivity contribution in [2.45, 2.75) is 13.8 Å². The highest BCUT2D eigenvalue weighted by Crippen LogP contribution is 2.22. The lowest BCUT2D eigenvalue weighted by atomic mass is 10.3. The quantitative estimate of drug-likeness (QED) is 0.436. The van der Waals surface area contributed by atoms with Gasteiger partial charge in [-0.2, -0.15) is 0 Å². The Bertz CT molecular complexity index is 1240. The zero-order valence-corrected chi connectivity index (χ0v) is 18.5. The first-order chi connectivity index (χ1) is 16.0. The first-order valence-electron chi connectivity index (χ1n) is 10.2. The van der Waals surface area contributed by atoms with E-state index in [4.69, 9.17) is 14.2 Å². The van der Waals surface area contributed by atoms with Gasteiger partial charge in [0.1, 0.15) is 23.6 Å². The Morgan fingerprint density at radius 1 is 0.970 bits per heavy atom. The number of ether oxygens (including phenoxy) is 3. The number of imidazole rings is 1. The number of aromatic nitrogens is 4. The number of aryl methyl sites for hydroxylation is 1. The second kappa shape index (κ2) is 9.82. The minimum atomic E-state index is -0.280. The van der Waals surface area contributed by atoms with Gasteiger partial charge in [-0.3, -0.25) is 9.36 Å². The highest BCUT2D eigenvalue weighted by Gasteiger charge is 2.08. The third-order valence-corrected chi connectivity index (χ3v) is 4.90. The number of hydrogen-bond acceptors (Lipinski definition) is 7. The molecule has 0 saturated carbocycles. The minimum Gasteiger partial charge on any atom is -0.497 e. The van der Waals surface area contributed by atoms with Gasteiger partial charge in [-0.1, -0.05) is 6.07 Å². The van der Waals surface area contributed by atoms with Gasteiger partial charge in [-0.05, 0) is 56.3 Å². The maximum absolute atomic E-state index is 12.2. The first kappa shape index (κ1) is 21.8. The van der Waals surface area contributed by atoms with Crippen molar-refractivity contribution in [2.24, 2.45) is 0 Å². The van der Waals surface area contributed by atoms with Crippen LogP contribution in [0.2, 0.25) is 0 Å². The first-order valence-corrected chi connectivity index (χ1v) is 10.2. The van der Waals surface area contributed by atoms with Gasteiger partial charge in [0.25, 0.3) is 5.91 Å². The summed E-state index contributed by atoms with van der Waals surface area (Å²) in [6.07, 6.45) is 1.71. The molecule has 2 aromatic heterocycles. The molecule has 9 nitrogen and oxygen atoms in total. The molecule has 4 aromatic rings. The Balaban J connectivity index is 1.30. The van der Waals surface area contributed by atoms with Crippen LogP contribution in [0.3, 0.4) is 0 Å². The monoisotopic (exact) mass is 445 g/mol. The van der Waals surface area contributed by atoms with E-state index in [1.165, 1.54) is 0 Å². The van der Waals surface area contributed by atoms with Crippen molar-refractivity contribution in [3.63, 3.8) is 0 Å². The lowest BCUT2D eigenvalue weighted by Gasteiger charge is -2.09. The topological polar surface area (TPSA) is 100 Å². The van der Waals surface area contributed by atoms with E-state index in [1.54, 1.807) is 68.0 Å². The second-order valence-corrected chi connectivity index (χ2v) is 7.16. The van der Waals surface area contributed by atoms with E-state index < -0.39 is 0 Å². The standard InChI is InChI=1S/C24H23N5O4/c1-16-17(2)29(15-25-16)22-11-12-24(28-27-22)33-19-9-7-18(8-10-19)26-23(30)14-32-21-6-4-5-20(13-21)31-3/h4-13,15H,14H2,1-3H3,(H,26,30). The zero-order valence-electron chi connectivity index (χ0n) is 18.5. The Kier molecular flexibility index (Phi) is 6.49. The number of benzene rings is 2. The molecule has 2 aromatic carbocycles. The van der Waals surface area contributed by atoms with Crippen LogP contribution in [0.5, 0.6) is 23.1 Å². The number of carbonyl (C=O) groups is 1.